The number of hydrogen-bond acceptors (Lipinski definition) is 7. The number of aromatic nitrogens is 4. The first-order valence-electron chi connectivity index (χ1n) is 12.3. The molecule has 0 atom stereocenters. The van der Waals surface area contributed by atoms with E-state index in [0.717, 1.165) is 84.1 Å². The van der Waals surface area contributed by atoms with E-state index in [1.165, 1.54) is 16.8 Å². The summed E-state index contributed by atoms with van der Waals surface area (Å²) in [6.07, 6.45) is 3.89. The van der Waals surface area contributed by atoms with E-state index in [4.69, 9.17) is 4.74 Å². The van der Waals surface area contributed by atoms with Crippen molar-refractivity contribution >= 4 is 16.7 Å². The number of H-pyrrole nitrogens is 1. The highest BCUT2D eigenvalue weighted by Crippen LogP contribution is 2.35. The quantitative estimate of drug-likeness (QED) is 0.475. The molecule has 4 aromatic rings. The Labute approximate surface area is 205 Å². The van der Waals surface area contributed by atoms with Crippen molar-refractivity contribution in [3.63, 3.8) is 0 Å². The van der Waals surface area contributed by atoms with E-state index < -0.39 is 0 Å². The van der Waals surface area contributed by atoms with Crippen molar-refractivity contribution in [3.8, 4) is 28.1 Å². The van der Waals surface area contributed by atoms with Crippen molar-refractivity contribution in [2.45, 2.75) is 20.4 Å². The number of pyridine rings is 1. The third-order valence-corrected chi connectivity index (χ3v) is 7.11. The second-order valence-electron chi connectivity index (χ2n) is 9.64. The molecule has 3 aromatic heterocycles. The molecule has 5 heterocycles. The molecule has 35 heavy (non-hydrogen) atoms. The van der Waals surface area contributed by atoms with Crippen molar-refractivity contribution in [3.05, 3.63) is 53.5 Å². The van der Waals surface area contributed by atoms with Crippen LogP contribution in [-0.2, 0) is 6.54 Å². The van der Waals surface area contributed by atoms with Gasteiger partial charge in [0.25, 0.3) is 0 Å². The summed E-state index contributed by atoms with van der Waals surface area (Å²) in [6, 6.07) is 8.70. The molecule has 0 saturated carbocycles. The number of hydrogen-bond donors (Lipinski definition) is 2. The molecular weight excluding hydrogens is 438 g/mol. The predicted molar refractivity (Wildman–Crippen MR) is 139 cm³/mol. The summed E-state index contributed by atoms with van der Waals surface area (Å²) in [7, 11) is 2.19. The molecule has 1 saturated heterocycles. The molecule has 1 aromatic carbocycles. The van der Waals surface area contributed by atoms with Crippen molar-refractivity contribution in [2.75, 3.05) is 51.3 Å². The summed E-state index contributed by atoms with van der Waals surface area (Å²) in [4.78, 5) is 12.8. The van der Waals surface area contributed by atoms with Gasteiger partial charge < -0.3 is 24.8 Å². The number of ether oxygens (including phenoxy) is 1. The van der Waals surface area contributed by atoms with E-state index in [0.29, 0.717) is 6.61 Å². The minimum Gasteiger partial charge on any atom is -0.490 e. The van der Waals surface area contributed by atoms with E-state index in [1.54, 1.807) is 0 Å². The monoisotopic (exact) mass is 469 g/mol. The lowest BCUT2D eigenvalue weighted by Gasteiger charge is -2.36. The van der Waals surface area contributed by atoms with Crippen LogP contribution in [0.25, 0.3) is 33.4 Å². The van der Waals surface area contributed by atoms with Gasteiger partial charge in [-0.3, -0.25) is 4.98 Å². The van der Waals surface area contributed by atoms with Crippen LogP contribution in [0.1, 0.15) is 16.8 Å². The van der Waals surface area contributed by atoms with E-state index >= 15 is 0 Å². The average molecular weight is 470 g/mol. The minimum atomic E-state index is 0.643. The highest BCUT2D eigenvalue weighted by Gasteiger charge is 2.20. The van der Waals surface area contributed by atoms with Gasteiger partial charge in [-0.25, -0.2) is 0 Å². The Morgan fingerprint density at radius 3 is 2.54 bits per heavy atom. The van der Waals surface area contributed by atoms with Gasteiger partial charge in [0, 0.05) is 79.4 Å². The standard InChI is InChI=1S/C27H31N7O/c1-17-10-19(11-18(2)26(17)34-7-5-33(3)6-8-34)23-13-21-22(15-30-27(21)32-31-23)20-12-25-24(29-14-20)16-28-4-9-35-25/h10-15,28H,4-9,16H2,1-3H3,(H,30,32). The molecule has 0 radical (unpaired) electrons. The van der Waals surface area contributed by atoms with E-state index in [-0.39, 0.29) is 0 Å². The van der Waals surface area contributed by atoms with Crippen LogP contribution in [0.2, 0.25) is 0 Å². The van der Waals surface area contributed by atoms with Gasteiger partial charge in [-0.05, 0) is 56.3 Å². The Morgan fingerprint density at radius 2 is 1.74 bits per heavy atom. The number of rotatable bonds is 3. The summed E-state index contributed by atoms with van der Waals surface area (Å²) in [5.41, 5.74) is 9.64. The van der Waals surface area contributed by atoms with Crippen molar-refractivity contribution in [1.29, 1.82) is 0 Å². The fourth-order valence-electron chi connectivity index (χ4n) is 5.25. The van der Waals surface area contributed by atoms with Crippen LogP contribution < -0.4 is 15.0 Å². The second-order valence-corrected chi connectivity index (χ2v) is 9.64. The SMILES string of the molecule is Cc1cc(-c2cc3c(-c4cnc5c(c4)OCCNC5)c[nH]c3nn2)cc(C)c1N1CCN(C)CC1. The van der Waals surface area contributed by atoms with E-state index in [1.807, 2.05) is 12.4 Å². The molecule has 2 N–H and O–H groups in total. The van der Waals surface area contributed by atoms with Gasteiger partial charge in [0.15, 0.2) is 5.65 Å². The number of aryl methyl sites for hydroxylation is 2. The first-order valence-corrected chi connectivity index (χ1v) is 12.3. The largest absolute Gasteiger partial charge is 0.490 e. The first kappa shape index (κ1) is 22.0. The predicted octanol–water partition coefficient (Wildman–Crippen LogP) is 3.54. The molecule has 0 amide bonds. The van der Waals surface area contributed by atoms with Crippen molar-refractivity contribution in [1.82, 2.24) is 30.4 Å². The number of likely N-dealkylation sites (N-methyl/N-ethyl adjacent to an activating group) is 1. The second kappa shape index (κ2) is 8.94. The van der Waals surface area contributed by atoms with Crippen LogP contribution in [0.15, 0.2) is 36.7 Å². The van der Waals surface area contributed by atoms with Crippen LogP contribution in [0.5, 0.6) is 5.75 Å². The number of anilines is 1. The lowest BCUT2D eigenvalue weighted by Crippen LogP contribution is -2.45. The minimum absolute atomic E-state index is 0.643. The number of aromatic amines is 1. The summed E-state index contributed by atoms with van der Waals surface area (Å²) in [5, 5.41) is 13.4. The smallest absolute Gasteiger partial charge is 0.160 e. The summed E-state index contributed by atoms with van der Waals surface area (Å²) >= 11 is 0. The Balaban J connectivity index is 1.36. The zero-order valence-corrected chi connectivity index (χ0v) is 20.6. The molecule has 0 unspecified atom stereocenters. The topological polar surface area (TPSA) is 82.2 Å². The van der Waals surface area contributed by atoms with Gasteiger partial charge in [0.05, 0.1) is 11.4 Å². The first-order chi connectivity index (χ1) is 17.1. The maximum atomic E-state index is 5.92. The number of fused-ring (bicyclic) bond motifs is 2. The Morgan fingerprint density at radius 1 is 0.943 bits per heavy atom. The Bertz CT molecular complexity index is 1360. The van der Waals surface area contributed by atoms with E-state index in [9.17, 15) is 0 Å². The summed E-state index contributed by atoms with van der Waals surface area (Å²) < 4.78 is 5.92. The molecule has 8 heteroatoms. The Hall–Kier alpha value is -3.49. The molecule has 0 aliphatic carbocycles. The van der Waals surface area contributed by atoms with Crippen LogP contribution in [0.3, 0.4) is 0 Å². The molecular formula is C27H31N7O. The van der Waals surface area contributed by atoms with Gasteiger partial charge in [-0.2, -0.15) is 0 Å². The zero-order chi connectivity index (χ0) is 23.9. The Kier molecular flexibility index (Phi) is 5.62. The fourth-order valence-corrected chi connectivity index (χ4v) is 5.25. The highest BCUT2D eigenvalue weighted by molar-refractivity contribution is 5.95. The van der Waals surface area contributed by atoms with E-state index in [2.05, 4.69) is 80.4 Å². The summed E-state index contributed by atoms with van der Waals surface area (Å²) in [6.45, 7) is 10.9. The highest BCUT2D eigenvalue weighted by atomic mass is 16.5. The van der Waals surface area contributed by atoms with Gasteiger partial charge in [0.2, 0.25) is 0 Å². The van der Waals surface area contributed by atoms with Crippen LogP contribution >= 0.6 is 0 Å². The van der Waals surface area contributed by atoms with Crippen LogP contribution in [0, 0.1) is 13.8 Å². The number of nitrogens with zero attached hydrogens (tertiary/aromatic N) is 5. The lowest BCUT2D eigenvalue weighted by molar-refractivity contribution is 0.312. The third-order valence-electron chi connectivity index (χ3n) is 7.11. The molecule has 180 valence electrons. The maximum absolute atomic E-state index is 5.92. The molecule has 2 aliphatic heterocycles. The number of nitrogens with one attached hydrogen (secondary N) is 2. The van der Waals surface area contributed by atoms with Gasteiger partial charge in [-0.1, -0.05) is 0 Å². The van der Waals surface area contributed by atoms with Gasteiger partial charge in [-0.15, -0.1) is 10.2 Å². The molecule has 8 nitrogen and oxygen atoms in total. The van der Waals surface area contributed by atoms with Gasteiger partial charge >= 0.3 is 0 Å². The fraction of sp³-hybridized carbons (Fsp3) is 0.370. The molecule has 1 fully saturated rings. The number of benzene rings is 1. The lowest BCUT2D eigenvalue weighted by atomic mass is 9.99. The molecule has 0 spiro atoms. The average Bonchev–Trinajstić information content (AvgIpc) is 3.14. The molecule has 6 rings (SSSR count). The van der Waals surface area contributed by atoms with Crippen molar-refractivity contribution < 1.29 is 4.74 Å². The maximum Gasteiger partial charge on any atom is 0.160 e. The van der Waals surface area contributed by atoms with Crippen LogP contribution in [0.4, 0.5) is 5.69 Å². The van der Waals surface area contributed by atoms with Crippen molar-refractivity contribution in [2.24, 2.45) is 0 Å². The molecule has 2 aliphatic rings. The van der Waals surface area contributed by atoms with Gasteiger partial charge in [0.1, 0.15) is 12.4 Å². The van der Waals surface area contributed by atoms with Crippen LogP contribution in [-0.4, -0.2) is 71.4 Å². The number of piperazine rings is 1. The molecule has 0 bridgehead atoms. The zero-order valence-electron chi connectivity index (χ0n) is 20.6. The summed E-state index contributed by atoms with van der Waals surface area (Å²) in [5.74, 6) is 0.842. The normalized spacial score (nSPS) is 16.7. The third kappa shape index (κ3) is 4.13.